The number of hydrogen-bond acceptors (Lipinski definition) is 2. The Balaban J connectivity index is 2.44. The van der Waals surface area contributed by atoms with Gasteiger partial charge in [0.2, 0.25) is 0 Å². The highest BCUT2D eigenvalue weighted by molar-refractivity contribution is 5.91. The molecule has 0 saturated heterocycles. The number of phenolic OH excluding ortho intramolecular Hbond substituents is 1. The van der Waals surface area contributed by atoms with Gasteiger partial charge in [-0.25, -0.2) is 4.39 Å². The largest absolute Gasteiger partial charge is 0.508 e. The van der Waals surface area contributed by atoms with E-state index in [1.807, 2.05) is 18.4 Å². The summed E-state index contributed by atoms with van der Waals surface area (Å²) in [7, 11) is 0. The van der Waals surface area contributed by atoms with Gasteiger partial charge in [0.15, 0.2) is 0 Å². The number of phenols is 1. The number of halogens is 1. The molecule has 22 heavy (non-hydrogen) atoms. The number of aromatic hydroxyl groups is 1. The van der Waals surface area contributed by atoms with E-state index in [0.717, 1.165) is 16.9 Å². The van der Waals surface area contributed by atoms with E-state index in [2.05, 4.69) is 6.07 Å². The molecule has 0 saturated carbocycles. The lowest BCUT2D eigenvalue weighted by atomic mass is 10.0. The fraction of sp³-hybridized carbons (Fsp3) is 0.167. The molecule has 0 bridgehead atoms. The topological polar surface area (TPSA) is 48.9 Å². The van der Waals surface area contributed by atoms with Gasteiger partial charge in [0, 0.05) is 16.8 Å². The van der Waals surface area contributed by atoms with Gasteiger partial charge in [-0.2, -0.15) is 5.26 Å². The Labute approximate surface area is 127 Å². The summed E-state index contributed by atoms with van der Waals surface area (Å²) in [6.45, 7) is 4.02. The van der Waals surface area contributed by atoms with Gasteiger partial charge < -0.3 is 9.67 Å². The molecule has 0 spiro atoms. The third kappa shape index (κ3) is 2.11. The van der Waals surface area contributed by atoms with Crippen LogP contribution >= 0.6 is 0 Å². The van der Waals surface area contributed by atoms with Crippen LogP contribution < -0.4 is 0 Å². The summed E-state index contributed by atoms with van der Waals surface area (Å²) in [4.78, 5) is 0. The summed E-state index contributed by atoms with van der Waals surface area (Å²) in [6.07, 6.45) is 0. The molecule has 0 aliphatic carbocycles. The van der Waals surface area contributed by atoms with Crippen molar-refractivity contribution in [3.05, 3.63) is 59.5 Å². The van der Waals surface area contributed by atoms with Crippen LogP contribution in [0.1, 0.15) is 31.0 Å². The molecule has 0 unspecified atom stereocenters. The average Bonchev–Trinajstić information content (AvgIpc) is 2.81. The zero-order valence-electron chi connectivity index (χ0n) is 12.3. The van der Waals surface area contributed by atoms with Gasteiger partial charge in [-0.15, -0.1) is 0 Å². The molecule has 1 aromatic heterocycles. The van der Waals surface area contributed by atoms with Crippen molar-refractivity contribution in [2.45, 2.75) is 19.8 Å². The van der Waals surface area contributed by atoms with Crippen LogP contribution in [-0.4, -0.2) is 9.67 Å². The van der Waals surface area contributed by atoms with Gasteiger partial charge in [0.1, 0.15) is 17.6 Å². The van der Waals surface area contributed by atoms with Crippen LogP contribution in [0.3, 0.4) is 0 Å². The summed E-state index contributed by atoms with van der Waals surface area (Å²) in [5, 5.41) is 20.0. The number of benzene rings is 2. The second kappa shape index (κ2) is 5.19. The molecule has 3 rings (SSSR count). The Morgan fingerprint density at radius 1 is 1.14 bits per heavy atom. The van der Waals surface area contributed by atoms with Crippen molar-refractivity contribution in [1.82, 2.24) is 4.57 Å². The van der Waals surface area contributed by atoms with Gasteiger partial charge in [0.25, 0.3) is 0 Å². The summed E-state index contributed by atoms with van der Waals surface area (Å²) in [5.74, 6) is -0.0748. The van der Waals surface area contributed by atoms with Crippen molar-refractivity contribution in [1.29, 1.82) is 5.26 Å². The summed E-state index contributed by atoms with van der Waals surface area (Å²) >= 11 is 0. The minimum Gasteiger partial charge on any atom is -0.508 e. The van der Waals surface area contributed by atoms with E-state index in [1.54, 1.807) is 30.3 Å². The second-order valence-corrected chi connectivity index (χ2v) is 5.54. The van der Waals surface area contributed by atoms with Crippen molar-refractivity contribution in [2.24, 2.45) is 0 Å². The van der Waals surface area contributed by atoms with Crippen molar-refractivity contribution < 1.29 is 9.50 Å². The van der Waals surface area contributed by atoms with Crippen molar-refractivity contribution in [2.75, 3.05) is 0 Å². The zero-order valence-corrected chi connectivity index (χ0v) is 12.3. The highest BCUT2D eigenvalue weighted by Gasteiger charge is 2.20. The third-order valence-corrected chi connectivity index (χ3v) is 3.73. The standard InChI is InChI=1S/C18H15FN2O/c1-11(2)18-16(10-20)15-9-14(22)7-8-17(15)21(18)13-5-3-12(19)4-6-13/h3-9,11,22H,1-2H3. The summed E-state index contributed by atoms with van der Waals surface area (Å²) in [6, 6.07) is 13.4. The molecule has 1 heterocycles. The first kappa shape index (κ1) is 14.2. The number of rotatable bonds is 2. The minimum atomic E-state index is -0.301. The smallest absolute Gasteiger partial charge is 0.123 e. The molecule has 0 fully saturated rings. The molecule has 110 valence electrons. The molecule has 0 aliphatic rings. The fourth-order valence-corrected chi connectivity index (χ4v) is 2.83. The third-order valence-electron chi connectivity index (χ3n) is 3.73. The summed E-state index contributed by atoms with van der Waals surface area (Å²) < 4.78 is 15.2. The Bertz CT molecular complexity index is 886. The lowest BCUT2D eigenvalue weighted by Gasteiger charge is -2.13. The van der Waals surface area contributed by atoms with E-state index in [9.17, 15) is 14.8 Å². The van der Waals surface area contributed by atoms with Crippen molar-refractivity contribution in [3.8, 4) is 17.5 Å². The number of fused-ring (bicyclic) bond motifs is 1. The van der Waals surface area contributed by atoms with Crippen LogP contribution in [0.25, 0.3) is 16.6 Å². The van der Waals surface area contributed by atoms with Crippen LogP contribution in [0.15, 0.2) is 42.5 Å². The highest BCUT2D eigenvalue weighted by atomic mass is 19.1. The molecule has 3 aromatic rings. The molecule has 3 nitrogen and oxygen atoms in total. The lowest BCUT2D eigenvalue weighted by molar-refractivity contribution is 0.476. The summed E-state index contributed by atoms with van der Waals surface area (Å²) in [5.41, 5.74) is 3.02. The molecule has 4 heteroatoms. The predicted molar refractivity (Wildman–Crippen MR) is 83.7 cm³/mol. The molecule has 0 atom stereocenters. The molecular weight excluding hydrogens is 279 g/mol. The molecule has 0 aliphatic heterocycles. The van der Waals surface area contributed by atoms with Gasteiger partial charge in [-0.1, -0.05) is 13.8 Å². The van der Waals surface area contributed by atoms with Gasteiger partial charge >= 0.3 is 0 Å². The Morgan fingerprint density at radius 2 is 1.82 bits per heavy atom. The van der Waals surface area contributed by atoms with E-state index < -0.39 is 0 Å². The number of aromatic nitrogens is 1. The SMILES string of the molecule is CC(C)c1c(C#N)c2cc(O)ccc2n1-c1ccc(F)cc1. The van der Waals surface area contributed by atoms with Crippen LogP contribution in [0.5, 0.6) is 5.75 Å². The monoisotopic (exact) mass is 294 g/mol. The molecule has 0 amide bonds. The predicted octanol–water partition coefficient (Wildman–Crippen LogP) is 4.47. The Morgan fingerprint density at radius 3 is 2.41 bits per heavy atom. The fourth-order valence-electron chi connectivity index (χ4n) is 2.83. The van der Waals surface area contributed by atoms with Gasteiger partial charge in [0.05, 0.1) is 11.1 Å². The van der Waals surface area contributed by atoms with Crippen molar-refractivity contribution >= 4 is 10.9 Å². The van der Waals surface area contributed by atoms with Crippen LogP contribution in [-0.2, 0) is 0 Å². The second-order valence-electron chi connectivity index (χ2n) is 5.54. The minimum absolute atomic E-state index is 0.106. The van der Waals surface area contributed by atoms with E-state index in [-0.39, 0.29) is 17.5 Å². The van der Waals surface area contributed by atoms with Crippen LogP contribution in [0, 0.1) is 17.1 Å². The first-order valence-electron chi connectivity index (χ1n) is 7.06. The maximum absolute atomic E-state index is 13.2. The van der Waals surface area contributed by atoms with E-state index >= 15 is 0 Å². The van der Waals surface area contributed by atoms with E-state index in [4.69, 9.17) is 0 Å². The van der Waals surface area contributed by atoms with Crippen LogP contribution in [0.2, 0.25) is 0 Å². The van der Waals surface area contributed by atoms with Gasteiger partial charge in [-0.05, 0) is 48.4 Å². The zero-order chi connectivity index (χ0) is 15.9. The number of nitriles is 1. The highest BCUT2D eigenvalue weighted by Crippen LogP contribution is 2.35. The number of nitrogens with zero attached hydrogens (tertiary/aromatic N) is 2. The first-order chi connectivity index (χ1) is 10.5. The average molecular weight is 294 g/mol. The van der Waals surface area contributed by atoms with E-state index in [0.29, 0.717) is 10.9 Å². The Hall–Kier alpha value is -2.80. The van der Waals surface area contributed by atoms with E-state index in [1.165, 1.54) is 12.1 Å². The molecule has 2 aromatic carbocycles. The maximum atomic E-state index is 13.2. The molecular formula is C18H15FN2O. The molecule has 0 radical (unpaired) electrons. The van der Waals surface area contributed by atoms with Gasteiger partial charge in [-0.3, -0.25) is 0 Å². The van der Waals surface area contributed by atoms with Crippen LogP contribution in [0.4, 0.5) is 4.39 Å². The quantitative estimate of drug-likeness (QED) is 0.758. The lowest BCUT2D eigenvalue weighted by Crippen LogP contribution is -2.03. The normalized spacial score (nSPS) is 11.0. The van der Waals surface area contributed by atoms with Crippen molar-refractivity contribution in [3.63, 3.8) is 0 Å². The molecule has 1 N–H and O–H groups in total. The first-order valence-corrected chi connectivity index (χ1v) is 7.06. The Kier molecular flexibility index (Phi) is 3.34. The maximum Gasteiger partial charge on any atom is 0.123 e. The number of hydrogen-bond donors (Lipinski definition) is 1.